The fourth-order valence-electron chi connectivity index (χ4n) is 3.27. The molecule has 3 rings (SSSR count). The van der Waals surface area contributed by atoms with Crippen LogP contribution in [0.4, 0.5) is 0 Å². The number of fused-ring (bicyclic) bond motifs is 1. The molecule has 6 nitrogen and oxygen atoms in total. The average Bonchev–Trinajstić information content (AvgIpc) is 3.04. The molecule has 0 spiro atoms. The van der Waals surface area contributed by atoms with E-state index in [4.69, 9.17) is 0 Å². The van der Waals surface area contributed by atoms with Gasteiger partial charge in [0.25, 0.3) is 11.5 Å². The predicted molar refractivity (Wildman–Crippen MR) is 112 cm³/mol. The molecule has 0 aliphatic rings. The molecular weight excluding hydrogens is 352 g/mol. The second-order valence-corrected chi connectivity index (χ2v) is 7.79. The van der Waals surface area contributed by atoms with Gasteiger partial charge in [0.2, 0.25) is 0 Å². The Balaban J connectivity index is 2.18. The normalized spacial score (nSPS) is 12.5. The number of hydrogen-bond acceptors (Lipinski definition) is 3. The van der Waals surface area contributed by atoms with Crippen molar-refractivity contribution >= 4 is 11.4 Å². The standard InChI is InChI=1S/C22H28N4O2/c1-7-15(6)23-21(27)19-18(12(2)3)20-22(28)24-17(11-26(20)25-19)16-9-8-13(4)14(5)10-16/h8-12,15H,7H2,1-6H3,(H,23,27)(H,24,28). The molecule has 3 aromatic rings. The summed E-state index contributed by atoms with van der Waals surface area (Å²) >= 11 is 0. The zero-order valence-electron chi connectivity index (χ0n) is 17.4. The van der Waals surface area contributed by atoms with Crippen LogP contribution in [0.3, 0.4) is 0 Å². The Bertz CT molecular complexity index is 1090. The van der Waals surface area contributed by atoms with Crippen molar-refractivity contribution in [3.63, 3.8) is 0 Å². The third-order valence-corrected chi connectivity index (χ3v) is 5.26. The number of amides is 1. The zero-order valence-corrected chi connectivity index (χ0v) is 17.4. The molecule has 0 aliphatic heterocycles. The van der Waals surface area contributed by atoms with Crippen molar-refractivity contribution in [2.75, 3.05) is 0 Å². The van der Waals surface area contributed by atoms with E-state index < -0.39 is 0 Å². The van der Waals surface area contributed by atoms with Crippen molar-refractivity contribution in [1.82, 2.24) is 19.9 Å². The quantitative estimate of drug-likeness (QED) is 0.703. The molecule has 0 aliphatic carbocycles. The molecule has 0 radical (unpaired) electrons. The van der Waals surface area contributed by atoms with Gasteiger partial charge < -0.3 is 10.3 Å². The Morgan fingerprint density at radius 3 is 2.54 bits per heavy atom. The molecule has 1 amide bonds. The fraction of sp³-hybridized carbons (Fsp3) is 0.409. The lowest BCUT2D eigenvalue weighted by atomic mass is 10.0. The number of hydrogen-bond donors (Lipinski definition) is 2. The minimum absolute atomic E-state index is 0.0104. The van der Waals surface area contributed by atoms with Gasteiger partial charge >= 0.3 is 0 Å². The van der Waals surface area contributed by atoms with E-state index in [1.165, 1.54) is 5.56 Å². The molecule has 148 valence electrons. The van der Waals surface area contributed by atoms with Crippen molar-refractivity contribution in [3.05, 3.63) is 57.1 Å². The molecule has 0 saturated heterocycles. The predicted octanol–water partition coefficient (Wildman–Crippen LogP) is 3.96. The Morgan fingerprint density at radius 1 is 1.21 bits per heavy atom. The number of benzene rings is 1. The number of nitrogens with zero attached hydrogens (tertiary/aromatic N) is 2. The summed E-state index contributed by atoms with van der Waals surface area (Å²) in [7, 11) is 0. The summed E-state index contributed by atoms with van der Waals surface area (Å²) in [5.41, 5.74) is 5.10. The monoisotopic (exact) mass is 380 g/mol. The second-order valence-electron chi connectivity index (χ2n) is 7.79. The largest absolute Gasteiger partial charge is 0.348 e. The minimum atomic E-state index is -0.242. The summed E-state index contributed by atoms with van der Waals surface area (Å²) in [5.74, 6) is -0.252. The first-order chi connectivity index (χ1) is 13.2. The Kier molecular flexibility index (Phi) is 5.40. The number of rotatable bonds is 5. The molecule has 1 unspecified atom stereocenters. The first-order valence-corrected chi connectivity index (χ1v) is 9.77. The van der Waals surface area contributed by atoms with Crippen LogP contribution in [0, 0.1) is 13.8 Å². The summed E-state index contributed by atoms with van der Waals surface area (Å²) in [6, 6.07) is 6.08. The Labute approximate surface area is 165 Å². The third kappa shape index (κ3) is 3.59. The highest BCUT2D eigenvalue weighted by Crippen LogP contribution is 2.25. The van der Waals surface area contributed by atoms with Crippen LogP contribution in [0.2, 0.25) is 0 Å². The Morgan fingerprint density at radius 2 is 1.93 bits per heavy atom. The number of aryl methyl sites for hydroxylation is 2. The van der Waals surface area contributed by atoms with Crippen molar-refractivity contribution in [3.8, 4) is 11.3 Å². The van der Waals surface area contributed by atoms with E-state index in [0.717, 1.165) is 17.5 Å². The SMILES string of the molecule is CCC(C)NC(=O)c1nn2cc(-c3ccc(C)c(C)c3)[nH]c(=O)c2c1C(C)C. The van der Waals surface area contributed by atoms with Crippen LogP contribution in [0.1, 0.15) is 67.2 Å². The van der Waals surface area contributed by atoms with Gasteiger partial charge in [0, 0.05) is 11.6 Å². The van der Waals surface area contributed by atoms with Crippen molar-refractivity contribution in [2.24, 2.45) is 0 Å². The molecule has 1 aromatic carbocycles. The number of H-pyrrole nitrogens is 1. The maximum absolute atomic E-state index is 12.9. The van der Waals surface area contributed by atoms with Crippen LogP contribution in [0.15, 0.2) is 29.2 Å². The van der Waals surface area contributed by atoms with Crippen molar-refractivity contribution in [1.29, 1.82) is 0 Å². The number of carbonyl (C=O) groups excluding carboxylic acids is 1. The van der Waals surface area contributed by atoms with Crippen LogP contribution in [-0.4, -0.2) is 26.5 Å². The summed E-state index contributed by atoms with van der Waals surface area (Å²) < 4.78 is 1.55. The van der Waals surface area contributed by atoms with Gasteiger partial charge in [-0.2, -0.15) is 5.10 Å². The maximum Gasteiger partial charge on any atom is 0.274 e. The molecule has 2 N–H and O–H groups in total. The molecule has 6 heteroatoms. The number of aromatic amines is 1. The molecule has 1 atom stereocenters. The lowest BCUT2D eigenvalue weighted by Gasteiger charge is -2.11. The van der Waals surface area contributed by atoms with Crippen LogP contribution in [0.5, 0.6) is 0 Å². The van der Waals surface area contributed by atoms with Gasteiger partial charge in [-0.1, -0.05) is 32.9 Å². The van der Waals surface area contributed by atoms with Gasteiger partial charge in [0.1, 0.15) is 5.52 Å². The first-order valence-electron chi connectivity index (χ1n) is 9.77. The zero-order chi connectivity index (χ0) is 20.6. The van der Waals surface area contributed by atoms with Gasteiger partial charge in [-0.15, -0.1) is 0 Å². The molecule has 0 bridgehead atoms. The lowest BCUT2D eigenvalue weighted by Crippen LogP contribution is -2.33. The van der Waals surface area contributed by atoms with Crippen LogP contribution in [-0.2, 0) is 0 Å². The first kappa shape index (κ1) is 19.9. The molecule has 0 fully saturated rings. The average molecular weight is 380 g/mol. The van der Waals surface area contributed by atoms with Gasteiger partial charge in [-0.25, -0.2) is 4.52 Å². The maximum atomic E-state index is 12.9. The fourth-order valence-corrected chi connectivity index (χ4v) is 3.27. The molecule has 0 saturated carbocycles. The van der Waals surface area contributed by atoms with Crippen LogP contribution < -0.4 is 10.9 Å². The summed E-state index contributed by atoms with van der Waals surface area (Å²) in [5, 5.41) is 7.45. The molecule has 28 heavy (non-hydrogen) atoms. The van der Waals surface area contributed by atoms with E-state index in [1.807, 2.05) is 52.8 Å². The minimum Gasteiger partial charge on any atom is -0.348 e. The highest BCUT2D eigenvalue weighted by molar-refractivity contribution is 5.96. The topological polar surface area (TPSA) is 79.3 Å². The van der Waals surface area contributed by atoms with Gasteiger partial charge in [0.15, 0.2) is 5.69 Å². The van der Waals surface area contributed by atoms with Crippen LogP contribution >= 0.6 is 0 Å². The van der Waals surface area contributed by atoms with E-state index in [2.05, 4.69) is 22.3 Å². The second kappa shape index (κ2) is 7.62. The third-order valence-electron chi connectivity index (χ3n) is 5.26. The highest BCUT2D eigenvalue weighted by atomic mass is 16.2. The summed E-state index contributed by atoms with van der Waals surface area (Å²) in [6.07, 6.45) is 2.61. The number of aromatic nitrogens is 3. The van der Waals surface area contributed by atoms with Crippen molar-refractivity contribution < 1.29 is 4.79 Å². The Hall–Kier alpha value is -2.89. The van der Waals surface area contributed by atoms with E-state index in [1.54, 1.807) is 10.7 Å². The van der Waals surface area contributed by atoms with E-state index in [9.17, 15) is 9.59 Å². The van der Waals surface area contributed by atoms with Crippen molar-refractivity contribution in [2.45, 2.75) is 59.9 Å². The van der Waals surface area contributed by atoms with Gasteiger partial charge in [-0.3, -0.25) is 9.59 Å². The molecular formula is C22H28N4O2. The van der Waals surface area contributed by atoms with E-state index >= 15 is 0 Å². The number of carbonyl (C=O) groups is 1. The smallest absolute Gasteiger partial charge is 0.274 e. The highest BCUT2D eigenvalue weighted by Gasteiger charge is 2.24. The van der Waals surface area contributed by atoms with Gasteiger partial charge in [0.05, 0.1) is 11.9 Å². The summed E-state index contributed by atoms with van der Waals surface area (Å²) in [6.45, 7) is 12.0. The van der Waals surface area contributed by atoms with Crippen LogP contribution in [0.25, 0.3) is 16.8 Å². The molecule has 2 aromatic heterocycles. The van der Waals surface area contributed by atoms with E-state index in [-0.39, 0.29) is 23.4 Å². The number of nitrogens with one attached hydrogen (secondary N) is 2. The molecule has 2 heterocycles. The summed E-state index contributed by atoms with van der Waals surface area (Å²) in [4.78, 5) is 28.6. The lowest BCUT2D eigenvalue weighted by molar-refractivity contribution is 0.0932. The van der Waals surface area contributed by atoms with Gasteiger partial charge in [-0.05, 0) is 55.9 Å². The van der Waals surface area contributed by atoms with E-state index in [0.29, 0.717) is 22.5 Å².